The van der Waals surface area contributed by atoms with Gasteiger partial charge >= 0.3 is 6.09 Å². The Morgan fingerprint density at radius 3 is 1.88 bits per heavy atom. The molecule has 2 rings (SSSR count). The number of nitrogens with one attached hydrogen (secondary N) is 4. The highest BCUT2D eigenvalue weighted by molar-refractivity contribution is 5.70. The summed E-state index contributed by atoms with van der Waals surface area (Å²) in [7, 11) is 0. The summed E-state index contributed by atoms with van der Waals surface area (Å²) < 4.78 is 5.13. The highest BCUT2D eigenvalue weighted by atomic mass is 16.6. The number of para-hydroxylation sites is 1. The molecule has 0 aliphatic rings. The smallest absolute Gasteiger partial charge is 0.410 e. The molecule has 0 aliphatic heterocycles. The number of hydrogen-bond acceptors (Lipinski definition) is 5. The standard InChI is InChI=1S/C20H28N4O2/c25-20(26-19-9-5-2-6-10-19)24-16-15-22-12-11-21-13-14-23-17-18-7-3-1-4-8-18/h1-10,21-23H,11-17H2,(H,24,25). The molecule has 0 saturated heterocycles. The normalized spacial score (nSPS) is 10.5. The minimum Gasteiger partial charge on any atom is -0.410 e. The van der Waals surface area contributed by atoms with Gasteiger partial charge in [-0.25, -0.2) is 4.79 Å². The van der Waals surface area contributed by atoms with Crippen molar-refractivity contribution in [2.45, 2.75) is 6.54 Å². The van der Waals surface area contributed by atoms with Crippen LogP contribution in [0.3, 0.4) is 0 Å². The number of amides is 1. The monoisotopic (exact) mass is 356 g/mol. The lowest BCUT2D eigenvalue weighted by atomic mass is 10.2. The zero-order valence-electron chi connectivity index (χ0n) is 15.0. The van der Waals surface area contributed by atoms with E-state index in [1.807, 2.05) is 24.3 Å². The molecule has 2 aromatic carbocycles. The number of rotatable bonds is 12. The summed E-state index contributed by atoms with van der Waals surface area (Å²) in [6.45, 7) is 5.74. The van der Waals surface area contributed by atoms with Gasteiger partial charge in [-0.2, -0.15) is 0 Å². The zero-order valence-corrected chi connectivity index (χ0v) is 15.0. The summed E-state index contributed by atoms with van der Waals surface area (Å²) in [5.41, 5.74) is 1.30. The van der Waals surface area contributed by atoms with E-state index in [0.29, 0.717) is 18.8 Å². The van der Waals surface area contributed by atoms with Crippen LogP contribution in [0.2, 0.25) is 0 Å². The van der Waals surface area contributed by atoms with Crippen molar-refractivity contribution in [3.63, 3.8) is 0 Å². The fraction of sp³-hybridized carbons (Fsp3) is 0.350. The molecular weight excluding hydrogens is 328 g/mol. The molecule has 26 heavy (non-hydrogen) atoms. The third kappa shape index (κ3) is 9.17. The van der Waals surface area contributed by atoms with E-state index >= 15 is 0 Å². The van der Waals surface area contributed by atoms with Crippen LogP contribution in [0.25, 0.3) is 0 Å². The molecule has 0 heterocycles. The van der Waals surface area contributed by atoms with Gasteiger partial charge in [0.25, 0.3) is 0 Å². The summed E-state index contributed by atoms with van der Waals surface area (Å²) in [4.78, 5) is 11.6. The first-order valence-corrected chi connectivity index (χ1v) is 9.01. The first kappa shape index (κ1) is 19.9. The van der Waals surface area contributed by atoms with Crippen LogP contribution in [0.5, 0.6) is 5.75 Å². The predicted molar refractivity (Wildman–Crippen MR) is 104 cm³/mol. The molecule has 0 saturated carbocycles. The van der Waals surface area contributed by atoms with Gasteiger partial charge < -0.3 is 26.0 Å². The lowest BCUT2D eigenvalue weighted by molar-refractivity contribution is 0.200. The second-order valence-electron chi connectivity index (χ2n) is 5.79. The van der Waals surface area contributed by atoms with E-state index in [9.17, 15) is 4.79 Å². The predicted octanol–water partition coefficient (Wildman–Crippen LogP) is 1.74. The second-order valence-corrected chi connectivity index (χ2v) is 5.79. The quantitative estimate of drug-likeness (QED) is 0.436. The maximum atomic E-state index is 11.6. The molecule has 0 fully saturated rings. The molecule has 0 radical (unpaired) electrons. The lowest BCUT2D eigenvalue weighted by Gasteiger charge is -2.09. The average molecular weight is 356 g/mol. The highest BCUT2D eigenvalue weighted by Gasteiger charge is 2.01. The minimum atomic E-state index is -0.430. The molecule has 0 atom stereocenters. The van der Waals surface area contributed by atoms with Crippen LogP contribution in [-0.4, -0.2) is 45.4 Å². The van der Waals surface area contributed by atoms with Gasteiger partial charge in [-0.15, -0.1) is 0 Å². The van der Waals surface area contributed by atoms with Crippen LogP contribution in [0, 0.1) is 0 Å². The van der Waals surface area contributed by atoms with Crippen LogP contribution in [0.4, 0.5) is 4.79 Å². The lowest BCUT2D eigenvalue weighted by Crippen LogP contribution is -2.37. The van der Waals surface area contributed by atoms with Crippen molar-refractivity contribution in [3.8, 4) is 5.75 Å². The molecule has 0 unspecified atom stereocenters. The summed E-state index contributed by atoms with van der Waals surface area (Å²) in [6.07, 6.45) is -0.430. The van der Waals surface area contributed by atoms with Gasteiger partial charge in [0, 0.05) is 45.8 Å². The van der Waals surface area contributed by atoms with E-state index in [1.54, 1.807) is 12.1 Å². The molecule has 2 aromatic rings. The molecule has 140 valence electrons. The first-order valence-electron chi connectivity index (χ1n) is 9.01. The molecule has 0 bridgehead atoms. The van der Waals surface area contributed by atoms with Gasteiger partial charge in [-0.05, 0) is 17.7 Å². The molecule has 1 amide bonds. The number of benzene rings is 2. The van der Waals surface area contributed by atoms with Crippen molar-refractivity contribution in [1.29, 1.82) is 0 Å². The summed E-state index contributed by atoms with van der Waals surface area (Å²) in [5, 5.41) is 12.7. The van der Waals surface area contributed by atoms with Gasteiger partial charge in [-0.3, -0.25) is 0 Å². The topological polar surface area (TPSA) is 74.4 Å². The van der Waals surface area contributed by atoms with Gasteiger partial charge in [0.1, 0.15) is 5.75 Å². The SMILES string of the molecule is O=C(NCCNCCNCCNCc1ccccc1)Oc1ccccc1. The maximum absolute atomic E-state index is 11.6. The summed E-state index contributed by atoms with van der Waals surface area (Å²) in [6, 6.07) is 19.4. The minimum absolute atomic E-state index is 0.430. The molecular formula is C20H28N4O2. The number of hydrogen-bond donors (Lipinski definition) is 4. The van der Waals surface area contributed by atoms with Crippen molar-refractivity contribution in [2.75, 3.05) is 39.3 Å². The number of ether oxygens (including phenoxy) is 1. The van der Waals surface area contributed by atoms with Crippen LogP contribution in [0.15, 0.2) is 60.7 Å². The van der Waals surface area contributed by atoms with Gasteiger partial charge in [-0.1, -0.05) is 48.5 Å². The molecule has 0 aromatic heterocycles. The molecule has 0 aliphatic carbocycles. The highest BCUT2D eigenvalue weighted by Crippen LogP contribution is 2.07. The Morgan fingerprint density at radius 2 is 1.23 bits per heavy atom. The Morgan fingerprint density at radius 1 is 0.692 bits per heavy atom. The zero-order chi connectivity index (χ0) is 18.3. The Balaban J connectivity index is 1.35. The summed E-state index contributed by atoms with van der Waals surface area (Å²) >= 11 is 0. The average Bonchev–Trinajstić information content (AvgIpc) is 2.67. The van der Waals surface area contributed by atoms with Crippen molar-refractivity contribution in [2.24, 2.45) is 0 Å². The second kappa shape index (κ2) is 12.9. The fourth-order valence-electron chi connectivity index (χ4n) is 2.32. The van der Waals surface area contributed by atoms with Crippen molar-refractivity contribution in [3.05, 3.63) is 66.2 Å². The third-order valence-electron chi connectivity index (χ3n) is 3.65. The van der Waals surface area contributed by atoms with Gasteiger partial charge in [0.05, 0.1) is 0 Å². The van der Waals surface area contributed by atoms with Crippen LogP contribution in [0.1, 0.15) is 5.56 Å². The van der Waals surface area contributed by atoms with Gasteiger partial charge in [0.15, 0.2) is 0 Å². The Hall–Kier alpha value is -2.41. The first-order chi connectivity index (χ1) is 12.8. The number of carbonyl (C=O) groups excluding carboxylic acids is 1. The van der Waals surface area contributed by atoms with Gasteiger partial charge in [0.2, 0.25) is 0 Å². The number of carbonyl (C=O) groups is 1. The summed E-state index contributed by atoms with van der Waals surface area (Å²) in [5.74, 6) is 0.544. The molecule has 4 N–H and O–H groups in total. The Kier molecular flexibility index (Phi) is 9.86. The Labute approximate surface area is 155 Å². The van der Waals surface area contributed by atoms with Crippen LogP contribution < -0.4 is 26.0 Å². The van der Waals surface area contributed by atoms with Crippen LogP contribution in [-0.2, 0) is 6.54 Å². The molecule has 6 heteroatoms. The largest absolute Gasteiger partial charge is 0.412 e. The van der Waals surface area contributed by atoms with E-state index in [4.69, 9.17) is 4.74 Å². The third-order valence-corrected chi connectivity index (χ3v) is 3.65. The van der Waals surface area contributed by atoms with Crippen molar-refractivity contribution < 1.29 is 9.53 Å². The van der Waals surface area contributed by atoms with Crippen molar-refractivity contribution >= 4 is 6.09 Å². The van der Waals surface area contributed by atoms with E-state index in [0.717, 1.165) is 32.7 Å². The van der Waals surface area contributed by atoms with E-state index < -0.39 is 6.09 Å². The fourth-order valence-corrected chi connectivity index (χ4v) is 2.32. The maximum Gasteiger partial charge on any atom is 0.412 e. The van der Waals surface area contributed by atoms with E-state index in [-0.39, 0.29) is 0 Å². The Bertz CT molecular complexity index is 608. The molecule has 0 spiro atoms. The van der Waals surface area contributed by atoms with E-state index in [2.05, 4.69) is 45.5 Å². The van der Waals surface area contributed by atoms with Crippen LogP contribution >= 0.6 is 0 Å². The van der Waals surface area contributed by atoms with E-state index in [1.165, 1.54) is 5.56 Å². The van der Waals surface area contributed by atoms with Crippen molar-refractivity contribution in [1.82, 2.24) is 21.3 Å². The molecule has 6 nitrogen and oxygen atoms in total.